The first-order valence-electron chi connectivity index (χ1n) is 9.00. The van der Waals surface area contributed by atoms with Crippen molar-refractivity contribution in [1.29, 1.82) is 0 Å². The van der Waals surface area contributed by atoms with Gasteiger partial charge in [-0.3, -0.25) is 0 Å². The zero-order valence-electron chi connectivity index (χ0n) is 16.4. The molecule has 2 aromatic rings. The Kier molecular flexibility index (Phi) is 5.43. The summed E-state index contributed by atoms with van der Waals surface area (Å²) in [7, 11) is 0. The third-order valence-corrected chi connectivity index (χ3v) is 8.90. The van der Waals surface area contributed by atoms with E-state index in [1.807, 2.05) is 0 Å². The van der Waals surface area contributed by atoms with Crippen LogP contribution < -0.4 is 0 Å². The zero-order chi connectivity index (χ0) is 16.9. The van der Waals surface area contributed by atoms with Crippen LogP contribution in [0.5, 0.6) is 0 Å². The SMILES string of the molecule is C1=CC(Cc2ccccc2)=[C]([Zr][C]2=C(Cc3ccccc3)C=CC2)C1.[H-].[H-]. The van der Waals surface area contributed by atoms with Gasteiger partial charge in [0, 0.05) is 0 Å². The summed E-state index contributed by atoms with van der Waals surface area (Å²) >= 11 is -0.655. The first kappa shape index (κ1) is 16.7. The monoisotopic (exact) mass is 402 g/mol. The molecule has 25 heavy (non-hydrogen) atoms. The summed E-state index contributed by atoms with van der Waals surface area (Å²) in [5.74, 6) is 0. The minimum atomic E-state index is -0.655. The summed E-state index contributed by atoms with van der Waals surface area (Å²) in [5, 5.41) is 0. The second-order valence-electron chi connectivity index (χ2n) is 6.67. The van der Waals surface area contributed by atoms with Gasteiger partial charge in [0.25, 0.3) is 0 Å². The van der Waals surface area contributed by atoms with Gasteiger partial charge < -0.3 is 2.85 Å². The molecule has 0 unspecified atom stereocenters. The van der Waals surface area contributed by atoms with Crippen LogP contribution in [0.1, 0.15) is 26.8 Å². The summed E-state index contributed by atoms with van der Waals surface area (Å²) in [6.45, 7) is 0. The Balaban J connectivity index is 0.00000131. The van der Waals surface area contributed by atoms with Crippen LogP contribution in [0.4, 0.5) is 0 Å². The van der Waals surface area contributed by atoms with Crippen LogP contribution in [0.25, 0.3) is 0 Å². The molecule has 0 saturated carbocycles. The zero-order valence-corrected chi connectivity index (χ0v) is 16.9. The van der Waals surface area contributed by atoms with Gasteiger partial charge in [-0.15, -0.1) is 0 Å². The van der Waals surface area contributed by atoms with Crippen LogP contribution >= 0.6 is 0 Å². The number of benzene rings is 2. The van der Waals surface area contributed by atoms with E-state index in [0.717, 1.165) is 12.8 Å². The standard InChI is InChI=1S/2C12H11.Zr.2H/c2*1-2-6-11(7-3-1)10-12-8-4-5-9-12;;;/h2*1-4,6-8H,5,10H2;;;/q;;;2*-1. The van der Waals surface area contributed by atoms with Crippen molar-refractivity contribution >= 4 is 0 Å². The fraction of sp³-hybridized carbons (Fsp3) is 0.167. The number of hydrogen-bond donors (Lipinski definition) is 0. The first-order chi connectivity index (χ1) is 12.4. The Morgan fingerprint density at radius 1 is 0.640 bits per heavy atom. The van der Waals surface area contributed by atoms with Crippen molar-refractivity contribution in [1.82, 2.24) is 0 Å². The van der Waals surface area contributed by atoms with Crippen molar-refractivity contribution in [3.05, 3.63) is 114 Å². The molecule has 0 amide bonds. The van der Waals surface area contributed by atoms with Crippen molar-refractivity contribution in [2.24, 2.45) is 0 Å². The van der Waals surface area contributed by atoms with E-state index in [1.54, 1.807) is 17.7 Å². The van der Waals surface area contributed by atoms with Crippen LogP contribution in [0.15, 0.2) is 103 Å². The predicted molar refractivity (Wildman–Crippen MR) is 104 cm³/mol. The fourth-order valence-corrected chi connectivity index (χ4v) is 7.12. The van der Waals surface area contributed by atoms with E-state index < -0.39 is 23.2 Å². The van der Waals surface area contributed by atoms with Crippen LogP contribution in [-0.4, -0.2) is 0 Å². The van der Waals surface area contributed by atoms with Gasteiger partial charge in [0.05, 0.1) is 0 Å². The summed E-state index contributed by atoms with van der Waals surface area (Å²) in [4.78, 5) is 0. The minimum absolute atomic E-state index is 0. The number of allylic oxidation sites excluding steroid dienone is 8. The summed E-state index contributed by atoms with van der Waals surface area (Å²) < 4.78 is 3.55. The third kappa shape index (κ3) is 4.28. The van der Waals surface area contributed by atoms with E-state index in [1.165, 1.54) is 24.0 Å². The van der Waals surface area contributed by atoms with Gasteiger partial charge in [-0.05, 0) is 0 Å². The number of hydrogen-bond acceptors (Lipinski definition) is 0. The second-order valence-corrected chi connectivity index (χ2v) is 10.3. The molecule has 1 heteroatoms. The van der Waals surface area contributed by atoms with E-state index in [0.29, 0.717) is 0 Å². The fourth-order valence-electron chi connectivity index (χ4n) is 3.51. The maximum absolute atomic E-state index is 2.38. The smallest absolute Gasteiger partial charge is 1.00 e. The van der Waals surface area contributed by atoms with Gasteiger partial charge in [-0.25, -0.2) is 0 Å². The molecule has 0 saturated heterocycles. The molecule has 0 fully saturated rings. The molecule has 0 N–H and O–H groups in total. The van der Waals surface area contributed by atoms with E-state index >= 15 is 0 Å². The van der Waals surface area contributed by atoms with Crippen LogP contribution in [0.2, 0.25) is 0 Å². The molecule has 126 valence electrons. The van der Waals surface area contributed by atoms with Crippen molar-refractivity contribution in [3.8, 4) is 0 Å². The van der Waals surface area contributed by atoms with Gasteiger partial charge in [0.2, 0.25) is 0 Å². The third-order valence-electron chi connectivity index (χ3n) is 4.83. The summed E-state index contributed by atoms with van der Waals surface area (Å²) in [6.07, 6.45) is 14.1. The molecule has 0 radical (unpaired) electrons. The number of rotatable bonds is 6. The maximum Gasteiger partial charge on any atom is -1.00 e. The molecule has 2 aliphatic carbocycles. The predicted octanol–water partition coefficient (Wildman–Crippen LogP) is 6.21. The Bertz CT molecular complexity index is 788. The molecule has 4 rings (SSSR count). The Hall–Kier alpha value is -1.72. The largest absolute Gasteiger partial charge is 1.00 e. The average Bonchev–Trinajstić information content (AvgIpc) is 3.27. The van der Waals surface area contributed by atoms with Crippen molar-refractivity contribution in [2.45, 2.75) is 25.7 Å². The molecule has 0 heterocycles. The topological polar surface area (TPSA) is 0 Å². The van der Waals surface area contributed by atoms with Crippen LogP contribution in [0, 0.1) is 0 Å². The van der Waals surface area contributed by atoms with E-state index in [2.05, 4.69) is 85.0 Å². The first-order valence-corrected chi connectivity index (χ1v) is 11.5. The van der Waals surface area contributed by atoms with Crippen molar-refractivity contribution in [3.63, 3.8) is 0 Å². The van der Waals surface area contributed by atoms with E-state index in [9.17, 15) is 0 Å². The Morgan fingerprint density at radius 3 is 1.52 bits per heavy atom. The van der Waals surface area contributed by atoms with E-state index in [4.69, 9.17) is 0 Å². The van der Waals surface area contributed by atoms with Crippen molar-refractivity contribution in [2.75, 3.05) is 0 Å². The van der Waals surface area contributed by atoms with Gasteiger partial charge in [-0.1, -0.05) is 0 Å². The van der Waals surface area contributed by atoms with Crippen LogP contribution in [0.3, 0.4) is 0 Å². The molecule has 0 spiro atoms. The minimum Gasteiger partial charge on any atom is -1.00 e. The second kappa shape index (κ2) is 8.11. The van der Waals surface area contributed by atoms with Gasteiger partial charge >= 0.3 is 163 Å². The van der Waals surface area contributed by atoms with Gasteiger partial charge in [0.15, 0.2) is 0 Å². The summed E-state index contributed by atoms with van der Waals surface area (Å²) in [6, 6.07) is 21.8. The van der Waals surface area contributed by atoms with Gasteiger partial charge in [0.1, 0.15) is 0 Å². The quantitative estimate of drug-likeness (QED) is 0.538. The normalized spacial score (nSPS) is 16.2. The molecule has 0 nitrogen and oxygen atoms in total. The Morgan fingerprint density at radius 2 is 1.08 bits per heavy atom. The molecule has 2 aromatic carbocycles. The molecular formula is C24H24Zr-2. The summed E-state index contributed by atoms with van der Waals surface area (Å²) in [5.41, 5.74) is 6.06. The van der Waals surface area contributed by atoms with E-state index in [-0.39, 0.29) is 2.85 Å². The van der Waals surface area contributed by atoms with Crippen LogP contribution in [-0.2, 0) is 36.1 Å². The molecule has 2 aliphatic rings. The van der Waals surface area contributed by atoms with Crippen molar-refractivity contribution < 1.29 is 26.1 Å². The molecule has 0 aliphatic heterocycles. The molecule has 0 atom stereocenters. The molecule has 0 bridgehead atoms. The average molecular weight is 404 g/mol. The Labute approximate surface area is 165 Å². The molecular weight excluding hydrogens is 379 g/mol. The van der Waals surface area contributed by atoms with Gasteiger partial charge in [-0.2, -0.15) is 0 Å². The maximum atomic E-state index is 2.38. The molecule has 0 aromatic heterocycles.